The molecule has 3 heteroatoms. The number of methoxy groups -OCH3 is 1. The summed E-state index contributed by atoms with van der Waals surface area (Å²) < 4.78 is 5.47. The van der Waals surface area contributed by atoms with Crippen molar-refractivity contribution in [2.24, 2.45) is 0 Å². The lowest BCUT2D eigenvalue weighted by Crippen LogP contribution is -2.31. The summed E-state index contributed by atoms with van der Waals surface area (Å²) in [5.74, 6) is 1.34. The van der Waals surface area contributed by atoms with Crippen molar-refractivity contribution in [2.45, 2.75) is 13.8 Å². The maximum absolute atomic E-state index is 8.82. The first kappa shape index (κ1) is 16.1. The van der Waals surface area contributed by atoms with Gasteiger partial charge in [0.25, 0.3) is 0 Å². The highest BCUT2D eigenvalue weighted by atomic mass is 16.5. The van der Waals surface area contributed by atoms with Crippen LogP contribution in [-0.2, 0) is 0 Å². The third-order valence-corrected chi connectivity index (χ3v) is 4.35. The van der Waals surface area contributed by atoms with Crippen molar-refractivity contribution in [3.05, 3.63) is 71.8 Å². The van der Waals surface area contributed by atoms with E-state index in [-0.39, 0.29) is 0 Å². The first-order chi connectivity index (χ1) is 11.7. The minimum absolute atomic E-state index is 0.505. The van der Waals surface area contributed by atoms with Gasteiger partial charge in [-0.05, 0) is 43.0 Å². The zero-order valence-corrected chi connectivity index (χ0v) is 14.3. The van der Waals surface area contributed by atoms with Gasteiger partial charge in [0.2, 0.25) is 0 Å². The number of anilines is 1. The molecule has 0 amide bonds. The number of nitrogens with one attached hydrogen (secondary N) is 1. The maximum Gasteiger partial charge on any atom is 0.133 e. The van der Waals surface area contributed by atoms with Crippen LogP contribution in [0.5, 0.6) is 5.75 Å². The number of aryl methyl sites for hydroxylation is 1. The fourth-order valence-electron chi connectivity index (χ4n) is 3.12. The van der Waals surface area contributed by atoms with Crippen LogP contribution in [0.15, 0.2) is 60.7 Å². The molecule has 0 saturated carbocycles. The van der Waals surface area contributed by atoms with E-state index in [0.717, 1.165) is 34.3 Å². The Morgan fingerprint density at radius 1 is 0.958 bits per heavy atom. The summed E-state index contributed by atoms with van der Waals surface area (Å²) >= 11 is 0. The van der Waals surface area contributed by atoms with Crippen LogP contribution in [0.2, 0.25) is 0 Å². The molecule has 0 radical (unpaired) electrons. The largest absolute Gasteiger partial charge is 0.496 e. The summed E-state index contributed by atoms with van der Waals surface area (Å²) in [5, 5.41) is 10.9. The predicted molar refractivity (Wildman–Crippen MR) is 102 cm³/mol. The summed E-state index contributed by atoms with van der Waals surface area (Å²) in [6.07, 6.45) is 0. The molecule has 0 aliphatic carbocycles. The number of ether oxygens (including phenoxy) is 1. The van der Waals surface area contributed by atoms with Crippen LogP contribution < -0.4 is 9.64 Å². The van der Waals surface area contributed by atoms with Gasteiger partial charge >= 0.3 is 0 Å². The molecular formula is C21H22N2O. The van der Waals surface area contributed by atoms with Crippen molar-refractivity contribution in [3.8, 4) is 5.75 Å². The average Bonchev–Trinajstić information content (AvgIpc) is 2.62. The van der Waals surface area contributed by atoms with E-state index < -0.39 is 0 Å². The van der Waals surface area contributed by atoms with Gasteiger partial charge in [-0.2, -0.15) is 0 Å². The predicted octanol–water partition coefficient (Wildman–Crippen LogP) is 5.01. The van der Waals surface area contributed by atoms with Crippen molar-refractivity contribution in [1.82, 2.24) is 0 Å². The molecule has 0 aliphatic heterocycles. The lowest BCUT2D eigenvalue weighted by atomic mass is 10.0. The quantitative estimate of drug-likeness (QED) is 0.542. The number of rotatable bonds is 4. The minimum atomic E-state index is 0.505. The highest BCUT2D eigenvalue weighted by molar-refractivity contribution is 6.16. The second kappa shape index (κ2) is 6.75. The number of hydrogen-bond donors (Lipinski definition) is 1. The molecule has 3 nitrogen and oxygen atoms in total. The first-order valence-electron chi connectivity index (χ1n) is 8.15. The molecule has 0 unspecified atom stereocenters. The average molecular weight is 318 g/mol. The van der Waals surface area contributed by atoms with Gasteiger partial charge in [-0.15, -0.1) is 0 Å². The molecule has 0 saturated heterocycles. The van der Waals surface area contributed by atoms with Crippen molar-refractivity contribution in [1.29, 1.82) is 5.41 Å². The van der Waals surface area contributed by atoms with Gasteiger partial charge in [0.15, 0.2) is 0 Å². The van der Waals surface area contributed by atoms with Crippen molar-refractivity contribution in [2.75, 3.05) is 18.6 Å². The Kier molecular flexibility index (Phi) is 4.52. The molecule has 0 fully saturated rings. The zero-order valence-electron chi connectivity index (χ0n) is 14.3. The summed E-state index contributed by atoms with van der Waals surface area (Å²) in [6, 6.07) is 20.2. The molecule has 0 aliphatic rings. The zero-order chi connectivity index (χ0) is 17.1. The Labute approximate surface area is 143 Å². The summed E-state index contributed by atoms with van der Waals surface area (Å²) in [6.45, 7) is 4.90. The number of fused-ring (bicyclic) bond motifs is 1. The van der Waals surface area contributed by atoms with Gasteiger partial charge in [0, 0.05) is 23.2 Å². The SMILES string of the molecule is CCN(C(=N)c1ccc(OC)c2ccccc12)c1ccccc1C. The second-order valence-electron chi connectivity index (χ2n) is 5.74. The van der Waals surface area contributed by atoms with E-state index in [0.29, 0.717) is 5.84 Å². The second-order valence-corrected chi connectivity index (χ2v) is 5.74. The first-order valence-corrected chi connectivity index (χ1v) is 8.15. The van der Waals surface area contributed by atoms with Crippen molar-refractivity contribution >= 4 is 22.3 Å². The fraction of sp³-hybridized carbons (Fsp3) is 0.190. The van der Waals surface area contributed by atoms with E-state index in [9.17, 15) is 0 Å². The third kappa shape index (κ3) is 2.73. The molecule has 0 bridgehead atoms. The lowest BCUT2D eigenvalue weighted by Gasteiger charge is -2.26. The molecule has 0 spiro atoms. The Morgan fingerprint density at radius 3 is 2.29 bits per heavy atom. The van der Waals surface area contributed by atoms with E-state index in [1.807, 2.05) is 53.4 Å². The van der Waals surface area contributed by atoms with Crippen LogP contribution in [-0.4, -0.2) is 19.5 Å². The number of para-hydroxylation sites is 1. The topological polar surface area (TPSA) is 36.3 Å². The minimum Gasteiger partial charge on any atom is -0.496 e. The molecule has 0 atom stereocenters. The van der Waals surface area contributed by atoms with Gasteiger partial charge in [-0.25, -0.2) is 0 Å². The highest BCUT2D eigenvalue weighted by Gasteiger charge is 2.17. The molecule has 3 aromatic carbocycles. The Bertz CT molecular complexity index is 886. The lowest BCUT2D eigenvalue weighted by molar-refractivity contribution is 0.420. The molecule has 0 heterocycles. The van der Waals surface area contributed by atoms with E-state index in [2.05, 4.69) is 26.0 Å². The summed E-state index contributed by atoms with van der Waals surface area (Å²) in [4.78, 5) is 2.05. The van der Waals surface area contributed by atoms with E-state index in [1.54, 1.807) is 7.11 Å². The normalized spacial score (nSPS) is 10.6. The Balaban J connectivity index is 2.13. The monoisotopic (exact) mass is 318 g/mol. The van der Waals surface area contributed by atoms with E-state index in [1.165, 1.54) is 5.56 Å². The van der Waals surface area contributed by atoms with Crippen LogP contribution in [0.4, 0.5) is 5.69 Å². The molecule has 3 rings (SSSR count). The van der Waals surface area contributed by atoms with Crippen molar-refractivity contribution in [3.63, 3.8) is 0 Å². The highest BCUT2D eigenvalue weighted by Crippen LogP contribution is 2.30. The van der Waals surface area contributed by atoms with Gasteiger partial charge < -0.3 is 9.64 Å². The Morgan fingerprint density at radius 2 is 1.62 bits per heavy atom. The molecule has 24 heavy (non-hydrogen) atoms. The van der Waals surface area contributed by atoms with Crippen LogP contribution >= 0.6 is 0 Å². The smallest absolute Gasteiger partial charge is 0.133 e. The number of amidine groups is 1. The van der Waals surface area contributed by atoms with Gasteiger partial charge in [0.1, 0.15) is 11.6 Å². The molecule has 122 valence electrons. The van der Waals surface area contributed by atoms with Crippen LogP contribution in [0.1, 0.15) is 18.1 Å². The van der Waals surface area contributed by atoms with Gasteiger partial charge in [-0.1, -0.05) is 42.5 Å². The molecular weight excluding hydrogens is 296 g/mol. The Hall–Kier alpha value is -2.81. The van der Waals surface area contributed by atoms with Crippen LogP contribution in [0, 0.1) is 12.3 Å². The van der Waals surface area contributed by atoms with Crippen LogP contribution in [0.3, 0.4) is 0 Å². The molecule has 3 aromatic rings. The number of hydrogen-bond acceptors (Lipinski definition) is 2. The van der Waals surface area contributed by atoms with Crippen LogP contribution in [0.25, 0.3) is 10.8 Å². The molecule has 0 aromatic heterocycles. The number of nitrogens with zero attached hydrogens (tertiary/aromatic N) is 1. The van der Waals surface area contributed by atoms with E-state index in [4.69, 9.17) is 10.1 Å². The van der Waals surface area contributed by atoms with E-state index >= 15 is 0 Å². The maximum atomic E-state index is 8.82. The standard InChI is InChI=1S/C21H22N2O/c1-4-23(19-12-8-5-9-15(19)2)21(22)18-13-14-20(24-3)17-11-7-6-10-16(17)18/h5-14,22H,4H2,1-3H3. The molecule has 1 N–H and O–H groups in total. The van der Waals surface area contributed by atoms with Gasteiger partial charge in [0.05, 0.1) is 7.11 Å². The fourth-order valence-corrected chi connectivity index (χ4v) is 3.12. The third-order valence-electron chi connectivity index (χ3n) is 4.35. The van der Waals surface area contributed by atoms with Gasteiger partial charge in [-0.3, -0.25) is 5.41 Å². The summed E-state index contributed by atoms with van der Waals surface area (Å²) in [5.41, 5.74) is 3.16. The number of benzene rings is 3. The van der Waals surface area contributed by atoms with Crippen molar-refractivity contribution < 1.29 is 4.74 Å². The summed E-state index contributed by atoms with van der Waals surface area (Å²) in [7, 11) is 1.68.